The van der Waals surface area contributed by atoms with Crippen molar-refractivity contribution in [1.29, 1.82) is 0 Å². The van der Waals surface area contributed by atoms with Crippen LogP contribution < -0.4 is 10.4 Å². The van der Waals surface area contributed by atoms with E-state index in [1.165, 1.54) is 12.4 Å². The van der Waals surface area contributed by atoms with Crippen molar-refractivity contribution in [3.63, 3.8) is 0 Å². The monoisotopic (exact) mass is 290 g/mol. The molecule has 4 rings (SSSR count). The van der Waals surface area contributed by atoms with Crippen molar-refractivity contribution in [2.24, 2.45) is 0 Å². The molecule has 2 heterocycles. The van der Waals surface area contributed by atoms with Crippen LogP contribution in [0.5, 0.6) is 11.6 Å². The maximum Gasteiger partial charge on any atom is 0.336 e. The van der Waals surface area contributed by atoms with Crippen LogP contribution in [-0.4, -0.2) is 9.97 Å². The van der Waals surface area contributed by atoms with Crippen LogP contribution in [0.25, 0.3) is 21.9 Å². The Morgan fingerprint density at radius 3 is 2.77 bits per heavy atom. The van der Waals surface area contributed by atoms with Gasteiger partial charge < -0.3 is 9.15 Å². The van der Waals surface area contributed by atoms with Crippen LogP contribution in [-0.2, 0) is 0 Å². The molecule has 22 heavy (non-hydrogen) atoms. The predicted octanol–water partition coefficient (Wildman–Crippen LogP) is 3.53. The number of ether oxygens (including phenoxy) is 1. The Morgan fingerprint density at radius 1 is 0.955 bits per heavy atom. The summed E-state index contributed by atoms with van der Waals surface area (Å²) in [6.45, 7) is 0. The molecule has 4 aromatic rings. The highest BCUT2D eigenvalue weighted by Crippen LogP contribution is 2.28. The molecule has 0 saturated carbocycles. The molecule has 5 heteroatoms. The first-order chi connectivity index (χ1) is 10.8. The molecular formula is C17H10N2O3. The highest BCUT2D eigenvalue weighted by molar-refractivity contribution is 5.83. The SMILES string of the molecule is O=c1ccc2ccc(Oc3ncnc4ccccc34)cc2o1. The van der Waals surface area contributed by atoms with Crippen molar-refractivity contribution < 1.29 is 9.15 Å². The van der Waals surface area contributed by atoms with Gasteiger partial charge in [-0.05, 0) is 30.3 Å². The smallest absolute Gasteiger partial charge is 0.336 e. The van der Waals surface area contributed by atoms with Gasteiger partial charge in [-0.25, -0.2) is 14.8 Å². The van der Waals surface area contributed by atoms with Crippen molar-refractivity contribution in [2.75, 3.05) is 0 Å². The first-order valence-electron chi connectivity index (χ1n) is 6.71. The van der Waals surface area contributed by atoms with Crippen LogP contribution in [0.2, 0.25) is 0 Å². The summed E-state index contributed by atoms with van der Waals surface area (Å²) in [6.07, 6.45) is 1.46. The van der Waals surface area contributed by atoms with E-state index in [9.17, 15) is 4.79 Å². The largest absolute Gasteiger partial charge is 0.438 e. The summed E-state index contributed by atoms with van der Waals surface area (Å²) in [5.74, 6) is 1.01. The molecule has 0 aliphatic heterocycles. The molecule has 0 aliphatic carbocycles. The zero-order chi connectivity index (χ0) is 14.9. The van der Waals surface area contributed by atoms with Crippen LogP contribution in [0.15, 0.2) is 70.1 Å². The number of rotatable bonds is 2. The standard InChI is InChI=1S/C17H10N2O3/c20-16-8-6-11-5-7-12(9-15(11)22-16)21-17-13-3-1-2-4-14(13)18-10-19-17/h1-10H. The maximum absolute atomic E-state index is 11.3. The molecule has 0 spiro atoms. The Balaban J connectivity index is 1.80. The Kier molecular flexibility index (Phi) is 2.83. The number of para-hydroxylation sites is 1. The Morgan fingerprint density at radius 2 is 1.82 bits per heavy atom. The quantitative estimate of drug-likeness (QED) is 0.528. The summed E-state index contributed by atoms with van der Waals surface area (Å²) in [5.41, 5.74) is 0.889. The van der Waals surface area contributed by atoms with Crippen molar-refractivity contribution >= 4 is 21.9 Å². The van der Waals surface area contributed by atoms with E-state index in [0.717, 1.165) is 16.3 Å². The van der Waals surface area contributed by atoms with Crippen molar-refractivity contribution in [1.82, 2.24) is 9.97 Å². The first kappa shape index (κ1) is 12.5. The van der Waals surface area contributed by atoms with Crippen molar-refractivity contribution in [3.8, 4) is 11.6 Å². The van der Waals surface area contributed by atoms with Crippen LogP contribution in [0.1, 0.15) is 0 Å². The third-order valence-electron chi connectivity index (χ3n) is 3.32. The molecule has 0 radical (unpaired) electrons. The Labute approximate surface area is 124 Å². The van der Waals surface area contributed by atoms with Crippen LogP contribution in [0, 0.1) is 0 Å². The number of hydrogen-bond acceptors (Lipinski definition) is 5. The second-order valence-corrected chi connectivity index (χ2v) is 4.75. The molecule has 0 bridgehead atoms. The summed E-state index contributed by atoms with van der Waals surface area (Å²) < 4.78 is 11.0. The van der Waals surface area contributed by atoms with Gasteiger partial charge in [0.1, 0.15) is 17.7 Å². The lowest BCUT2D eigenvalue weighted by atomic mass is 10.2. The second kappa shape index (κ2) is 4.96. The van der Waals surface area contributed by atoms with E-state index < -0.39 is 5.63 Å². The lowest BCUT2D eigenvalue weighted by molar-refractivity contribution is 0.466. The number of benzene rings is 2. The predicted molar refractivity (Wildman–Crippen MR) is 82.1 cm³/mol. The zero-order valence-electron chi connectivity index (χ0n) is 11.4. The minimum Gasteiger partial charge on any atom is -0.438 e. The van der Waals surface area contributed by atoms with Crippen LogP contribution >= 0.6 is 0 Å². The number of nitrogens with zero attached hydrogens (tertiary/aromatic N) is 2. The van der Waals surface area contributed by atoms with Crippen molar-refractivity contribution in [3.05, 3.63) is 71.3 Å². The number of hydrogen-bond donors (Lipinski definition) is 0. The molecule has 0 aliphatic rings. The van der Waals surface area contributed by atoms with Gasteiger partial charge in [-0.15, -0.1) is 0 Å². The van der Waals surface area contributed by atoms with Gasteiger partial charge in [0.05, 0.1) is 10.9 Å². The third kappa shape index (κ3) is 2.18. The van der Waals surface area contributed by atoms with E-state index in [1.54, 1.807) is 18.2 Å². The van der Waals surface area contributed by atoms with Gasteiger partial charge >= 0.3 is 5.63 Å². The van der Waals surface area contributed by atoms with E-state index in [2.05, 4.69) is 9.97 Å². The lowest BCUT2D eigenvalue weighted by Crippen LogP contribution is -1.95. The number of aromatic nitrogens is 2. The fourth-order valence-electron chi connectivity index (χ4n) is 2.28. The molecule has 0 N–H and O–H groups in total. The van der Waals surface area contributed by atoms with Gasteiger partial charge in [0.2, 0.25) is 5.88 Å². The molecule has 2 aromatic carbocycles. The van der Waals surface area contributed by atoms with Gasteiger partial charge in [-0.2, -0.15) is 0 Å². The minimum absolute atomic E-state index is 0.392. The topological polar surface area (TPSA) is 65.2 Å². The zero-order valence-corrected chi connectivity index (χ0v) is 11.4. The van der Waals surface area contributed by atoms with Crippen molar-refractivity contribution in [2.45, 2.75) is 0 Å². The summed E-state index contributed by atoms with van der Waals surface area (Å²) in [4.78, 5) is 19.7. The fourth-order valence-corrected chi connectivity index (χ4v) is 2.28. The Bertz CT molecular complexity index is 1040. The van der Waals surface area contributed by atoms with Crippen LogP contribution in [0.3, 0.4) is 0 Å². The van der Waals surface area contributed by atoms with Gasteiger partial charge in [0.15, 0.2) is 0 Å². The van der Waals surface area contributed by atoms with Gasteiger partial charge in [0, 0.05) is 17.5 Å². The molecular weight excluding hydrogens is 280 g/mol. The second-order valence-electron chi connectivity index (χ2n) is 4.75. The molecule has 5 nitrogen and oxygen atoms in total. The Hall–Kier alpha value is -3.21. The van der Waals surface area contributed by atoms with Gasteiger partial charge in [0.25, 0.3) is 0 Å². The maximum atomic E-state index is 11.3. The van der Waals surface area contributed by atoms with E-state index in [1.807, 2.05) is 30.3 Å². The third-order valence-corrected chi connectivity index (χ3v) is 3.32. The van der Waals surface area contributed by atoms with E-state index in [4.69, 9.17) is 9.15 Å². The molecule has 0 amide bonds. The van der Waals surface area contributed by atoms with E-state index in [-0.39, 0.29) is 0 Å². The summed E-state index contributed by atoms with van der Waals surface area (Å²) in [5, 5.41) is 1.65. The number of fused-ring (bicyclic) bond motifs is 2. The summed E-state index contributed by atoms with van der Waals surface area (Å²) in [7, 11) is 0. The lowest BCUT2D eigenvalue weighted by Gasteiger charge is -2.07. The summed E-state index contributed by atoms with van der Waals surface area (Å²) in [6, 6.07) is 16.0. The average molecular weight is 290 g/mol. The normalized spacial score (nSPS) is 10.9. The highest BCUT2D eigenvalue weighted by atomic mass is 16.5. The van der Waals surface area contributed by atoms with Crippen LogP contribution in [0.4, 0.5) is 0 Å². The van der Waals surface area contributed by atoms with E-state index in [0.29, 0.717) is 17.2 Å². The molecule has 0 fully saturated rings. The average Bonchev–Trinajstić information content (AvgIpc) is 2.55. The fraction of sp³-hybridized carbons (Fsp3) is 0. The first-order valence-corrected chi connectivity index (χ1v) is 6.71. The highest BCUT2D eigenvalue weighted by Gasteiger charge is 2.07. The molecule has 0 atom stereocenters. The van der Waals surface area contributed by atoms with E-state index >= 15 is 0 Å². The molecule has 2 aromatic heterocycles. The molecule has 106 valence electrons. The minimum atomic E-state index is -0.392. The van der Waals surface area contributed by atoms with Gasteiger partial charge in [-0.3, -0.25) is 0 Å². The molecule has 0 unspecified atom stereocenters. The van der Waals surface area contributed by atoms with Gasteiger partial charge in [-0.1, -0.05) is 12.1 Å². The molecule has 0 saturated heterocycles. The summed E-state index contributed by atoms with van der Waals surface area (Å²) >= 11 is 0.